The molecule has 3 N–H and O–H groups in total. The van der Waals surface area contributed by atoms with Crippen LogP contribution in [0, 0.1) is 5.82 Å². The summed E-state index contributed by atoms with van der Waals surface area (Å²) in [4.78, 5) is 11.7. The lowest BCUT2D eigenvalue weighted by atomic mass is 10.3. The quantitative estimate of drug-likeness (QED) is 0.840. The minimum atomic E-state index is -0.538. The smallest absolute Gasteiger partial charge is 0.262 e. The second-order valence-corrected chi connectivity index (χ2v) is 4.94. The summed E-state index contributed by atoms with van der Waals surface area (Å²) in [5.74, 6) is -1.01. The predicted octanol–water partition coefficient (Wildman–Crippen LogP) is 3.73. The normalized spacial score (nSPS) is 10.2. The van der Waals surface area contributed by atoms with Gasteiger partial charge in [-0.05, 0) is 24.3 Å². The van der Waals surface area contributed by atoms with E-state index in [0.29, 0.717) is 5.69 Å². The van der Waals surface area contributed by atoms with E-state index in [2.05, 4.69) is 5.32 Å². The average Bonchev–Trinajstić information content (AvgIpc) is 2.44. The van der Waals surface area contributed by atoms with Crippen molar-refractivity contribution in [3.63, 3.8) is 0 Å². The molecule has 0 aliphatic carbocycles. The Morgan fingerprint density at radius 1 is 1.24 bits per heavy atom. The van der Waals surface area contributed by atoms with Gasteiger partial charge in [0.2, 0.25) is 0 Å². The van der Waals surface area contributed by atoms with Crippen molar-refractivity contribution >= 4 is 40.5 Å². The topological polar surface area (TPSA) is 64.3 Å². The predicted molar refractivity (Wildman–Crippen MR) is 81.4 cm³/mol. The molecule has 0 bridgehead atoms. The van der Waals surface area contributed by atoms with Crippen LogP contribution >= 0.6 is 23.2 Å². The summed E-state index contributed by atoms with van der Waals surface area (Å²) in [6.45, 7) is -0.347. The molecular formula is C14H11Cl2FN2O2. The first kappa shape index (κ1) is 15.4. The molecule has 4 nitrogen and oxygen atoms in total. The van der Waals surface area contributed by atoms with Gasteiger partial charge in [0.25, 0.3) is 5.91 Å². The lowest BCUT2D eigenvalue weighted by Gasteiger charge is -2.10. The molecular weight excluding hydrogens is 318 g/mol. The van der Waals surface area contributed by atoms with E-state index < -0.39 is 11.7 Å². The summed E-state index contributed by atoms with van der Waals surface area (Å²) in [6.07, 6.45) is 0. The Kier molecular flexibility index (Phi) is 4.88. The Labute approximate surface area is 130 Å². The SMILES string of the molecule is Nc1c(Cl)cc(NC(=O)COc2ccccc2F)cc1Cl. The first-order valence-electron chi connectivity index (χ1n) is 5.89. The maximum atomic E-state index is 13.3. The van der Waals surface area contributed by atoms with Crippen LogP contribution in [0.2, 0.25) is 10.0 Å². The maximum Gasteiger partial charge on any atom is 0.262 e. The fourth-order valence-electron chi connectivity index (χ4n) is 1.56. The highest BCUT2D eigenvalue weighted by atomic mass is 35.5. The van der Waals surface area contributed by atoms with Crippen LogP contribution in [0.3, 0.4) is 0 Å². The Hall–Kier alpha value is -1.98. The van der Waals surface area contributed by atoms with Crippen LogP contribution in [0.15, 0.2) is 36.4 Å². The summed E-state index contributed by atoms with van der Waals surface area (Å²) in [5, 5.41) is 2.99. The number of halogens is 3. The third-order valence-electron chi connectivity index (χ3n) is 2.56. The van der Waals surface area contributed by atoms with Crippen molar-refractivity contribution in [1.82, 2.24) is 0 Å². The van der Waals surface area contributed by atoms with Crippen LogP contribution in [0.4, 0.5) is 15.8 Å². The minimum absolute atomic E-state index is 0.000945. The molecule has 0 fully saturated rings. The molecule has 0 saturated heterocycles. The Morgan fingerprint density at radius 2 is 1.86 bits per heavy atom. The van der Waals surface area contributed by atoms with Gasteiger partial charge in [0, 0.05) is 5.69 Å². The first-order chi connectivity index (χ1) is 9.97. The zero-order valence-corrected chi connectivity index (χ0v) is 12.2. The van der Waals surface area contributed by atoms with E-state index in [4.69, 9.17) is 33.7 Å². The fraction of sp³-hybridized carbons (Fsp3) is 0.0714. The number of nitrogens with two attached hydrogens (primary N) is 1. The Bertz CT molecular complexity index is 657. The summed E-state index contributed by atoms with van der Waals surface area (Å²) in [6, 6.07) is 8.73. The molecule has 0 aliphatic heterocycles. The van der Waals surface area contributed by atoms with Gasteiger partial charge in [-0.15, -0.1) is 0 Å². The molecule has 0 atom stereocenters. The van der Waals surface area contributed by atoms with E-state index in [-0.39, 0.29) is 28.1 Å². The third-order valence-corrected chi connectivity index (χ3v) is 3.18. The molecule has 0 radical (unpaired) electrons. The fourth-order valence-corrected chi connectivity index (χ4v) is 2.05. The average molecular weight is 329 g/mol. The second-order valence-electron chi connectivity index (χ2n) is 4.12. The summed E-state index contributed by atoms with van der Waals surface area (Å²) < 4.78 is 18.4. The molecule has 1 amide bonds. The second kappa shape index (κ2) is 6.65. The van der Waals surface area contributed by atoms with Crippen LogP contribution < -0.4 is 15.8 Å². The van der Waals surface area contributed by atoms with E-state index in [1.165, 1.54) is 30.3 Å². The number of anilines is 2. The summed E-state index contributed by atoms with van der Waals surface area (Å²) in [5.41, 5.74) is 6.20. The van der Waals surface area contributed by atoms with Gasteiger partial charge in [0.15, 0.2) is 18.2 Å². The number of ether oxygens (including phenoxy) is 1. The number of amides is 1. The van der Waals surface area contributed by atoms with Gasteiger partial charge in [0.1, 0.15) is 0 Å². The van der Waals surface area contributed by atoms with Crippen LogP contribution in [0.1, 0.15) is 0 Å². The van der Waals surface area contributed by atoms with Gasteiger partial charge in [0.05, 0.1) is 15.7 Å². The first-order valence-corrected chi connectivity index (χ1v) is 6.64. The molecule has 2 aromatic carbocycles. The van der Waals surface area contributed by atoms with Gasteiger partial charge in [-0.1, -0.05) is 35.3 Å². The van der Waals surface area contributed by atoms with Gasteiger partial charge >= 0.3 is 0 Å². The van der Waals surface area contributed by atoms with Crippen LogP contribution in [-0.2, 0) is 4.79 Å². The zero-order chi connectivity index (χ0) is 15.4. The number of para-hydroxylation sites is 1. The van der Waals surface area contributed by atoms with Crippen molar-refractivity contribution in [1.29, 1.82) is 0 Å². The number of benzene rings is 2. The summed E-state index contributed by atoms with van der Waals surface area (Å²) in [7, 11) is 0. The van der Waals surface area contributed by atoms with Crippen molar-refractivity contribution in [2.45, 2.75) is 0 Å². The van der Waals surface area contributed by atoms with E-state index in [1.807, 2.05) is 0 Å². The number of hydrogen-bond acceptors (Lipinski definition) is 3. The van der Waals surface area contributed by atoms with Crippen molar-refractivity contribution < 1.29 is 13.9 Å². The van der Waals surface area contributed by atoms with Gasteiger partial charge < -0.3 is 15.8 Å². The third kappa shape index (κ3) is 4.00. The molecule has 21 heavy (non-hydrogen) atoms. The lowest BCUT2D eigenvalue weighted by Crippen LogP contribution is -2.20. The van der Waals surface area contributed by atoms with Crippen LogP contribution in [0.25, 0.3) is 0 Å². The summed E-state index contributed by atoms with van der Waals surface area (Å²) >= 11 is 11.7. The molecule has 7 heteroatoms. The Morgan fingerprint density at radius 3 is 2.48 bits per heavy atom. The highest BCUT2D eigenvalue weighted by molar-refractivity contribution is 6.39. The van der Waals surface area contributed by atoms with Gasteiger partial charge in [-0.2, -0.15) is 0 Å². The minimum Gasteiger partial charge on any atom is -0.481 e. The molecule has 0 aromatic heterocycles. The molecule has 2 rings (SSSR count). The van der Waals surface area contributed by atoms with Crippen molar-refractivity contribution in [3.05, 3.63) is 52.3 Å². The highest BCUT2D eigenvalue weighted by Crippen LogP contribution is 2.31. The number of nitrogens with one attached hydrogen (secondary N) is 1. The van der Waals surface area contributed by atoms with Gasteiger partial charge in [-0.25, -0.2) is 4.39 Å². The van der Waals surface area contributed by atoms with Crippen LogP contribution in [0.5, 0.6) is 5.75 Å². The van der Waals surface area contributed by atoms with Gasteiger partial charge in [-0.3, -0.25) is 4.79 Å². The van der Waals surface area contributed by atoms with E-state index in [0.717, 1.165) is 0 Å². The largest absolute Gasteiger partial charge is 0.481 e. The molecule has 0 saturated carbocycles. The van der Waals surface area contributed by atoms with E-state index in [1.54, 1.807) is 6.07 Å². The number of carbonyl (C=O) groups is 1. The van der Waals surface area contributed by atoms with Crippen molar-refractivity contribution in [2.24, 2.45) is 0 Å². The highest BCUT2D eigenvalue weighted by Gasteiger charge is 2.09. The number of carbonyl (C=O) groups excluding carboxylic acids is 1. The van der Waals surface area contributed by atoms with Crippen molar-refractivity contribution in [2.75, 3.05) is 17.7 Å². The zero-order valence-electron chi connectivity index (χ0n) is 10.7. The molecule has 0 aliphatic rings. The Balaban J connectivity index is 1.98. The lowest BCUT2D eigenvalue weighted by molar-refractivity contribution is -0.118. The molecule has 0 unspecified atom stereocenters. The number of rotatable bonds is 4. The molecule has 110 valence electrons. The maximum absolute atomic E-state index is 13.3. The molecule has 0 heterocycles. The van der Waals surface area contributed by atoms with Crippen molar-refractivity contribution in [3.8, 4) is 5.75 Å². The van der Waals surface area contributed by atoms with E-state index >= 15 is 0 Å². The molecule has 0 spiro atoms. The standard InChI is InChI=1S/C14H11Cl2FN2O2/c15-9-5-8(6-10(16)14(9)18)19-13(20)7-21-12-4-2-1-3-11(12)17/h1-6H,7,18H2,(H,19,20). The van der Waals surface area contributed by atoms with Crippen LogP contribution in [-0.4, -0.2) is 12.5 Å². The van der Waals surface area contributed by atoms with E-state index in [9.17, 15) is 9.18 Å². The number of hydrogen-bond donors (Lipinski definition) is 2. The molecule has 2 aromatic rings. The monoisotopic (exact) mass is 328 g/mol. The number of nitrogen functional groups attached to an aromatic ring is 1.